The molecule has 5 heteroatoms. The molecule has 1 atom stereocenters. The summed E-state index contributed by atoms with van der Waals surface area (Å²) in [4.78, 5) is 19.6. The molecule has 0 radical (unpaired) electrons. The minimum atomic E-state index is -0.0304. The maximum atomic E-state index is 12.4. The number of aromatic amines is 1. The molecule has 2 aromatic carbocycles. The maximum absolute atomic E-state index is 12.4. The summed E-state index contributed by atoms with van der Waals surface area (Å²) in [5.74, 6) is 1.54. The van der Waals surface area contributed by atoms with E-state index in [2.05, 4.69) is 33.5 Å². The summed E-state index contributed by atoms with van der Waals surface area (Å²) in [6.45, 7) is 0.690. The van der Waals surface area contributed by atoms with Crippen LogP contribution in [0.1, 0.15) is 53.1 Å². The fourth-order valence-corrected chi connectivity index (χ4v) is 4.13. The van der Waals surface area contributed by atoms with E-state index in [9.17, 15) is 4.79 Å². The SMILES string of the molecule is COc1cccc2c1CCC[C@@H]2CCCNC(=O)c1ccc2nc[nH]c2c1. The molecule has 0 saturated heterocycles. The first kappa shape index (κ1) is 17.6. The number of carbonyl (C=O) groups excluding carboxylic acids is 1. The van der Waals surface area contributed by atoms with Gasteiger partial charge in [-0.3, -0.25) is 4.79 Å². The van der Waals surface area contributed by atoms with Crippen molar-refractivity contribution in [2.75, 3.05) is 13.7 Å². The highest BCUT2D eigenvalue weighted by molar-refractivity contribution is 5.97. The van der Waals surface area contributed by atoms with Gasteiger partial charge in [0.25, 0.3) is 5.91 Å². The monoisotopic (exact) mass is 363 g/mol. The second-order valence-corrected chi connectivity index (χ2v) is 7.15. The van der Waals surface area contributed by atoms with Gasteiger partial charge in [0, 0.05) is 12.1 Å². The number of benzene rings is 2. The first-order chi connectivity index (χ1) is 13.3. The third-order valence-electron chi connectivity index (χ3n) is 5.51. The second kappa shape index (κ2) is 7.82. The normalized spacial score (nSPS) is 16.1. The number of amides is 1. The third kappa shape index (κ3) is 3.68. The third-order valence-corrected chi connectivity index (χ3v) is 5.51. The topological polar surface area (TPSA) is 67.0 Å². The van der Waals surface area contributed by atoms with E-state index in [0.717, 1.165) is 36.0 Å². The average molecular weight is 363 g/mol. The molecule has 2 N–H and O–H groups in total. The van der Waals surface area contributed by atoms with Gasteiger partial charge in [-0.15, -0.1) is 0 Å². The summed E-state index contributed by atoms with van der Waals surface area (Å²) in [6.07, 6.45) is 7.21. The van der Waals surface area contributed by atoms with E-state index in [4.69, 9.17) is 4.74 Å². The Morgan fingerprint density at radius 2 is 2.26 bits per heavy atom. The van der Waals surface area contributed by atoms with Crippen LogP contribution in [-0.2, 0) is 6.42 Å². The lowest BCUT2D eigenvalue weighted by molar-refractivity contribution is 0.0953. The molecular weight excluding hydrogens is 338 g/mol. The number of rotatable bonds is 6. The van der Waals surface area contributed by atoms with Crippen LogP contribution >= 0.6 is 0 Å². The summed E-state index contributed by atoms with van der Waals surface area (Å²) < 4.78 is 5.53. The predicted molar refractivity (Wildman–Crippen MR) is 106 cm³/mol. The molecular formula is C22H25N3O2. The van der Waals surface area contributed by atoms with Crippen LogP contribution in [0, 0.1) is 0 Å². The highest BCUT2D eigenvalue weighted by Crippen LogP contribution is 2.38. The Kier molecular flexibility index (Phi) is 5.10. The van der Waals surface area contributed by atoms with Crippen molar-refractivity contribution in [3.8, 4) is 5.75 Å². The van der Waals surface area contributed by atoms with Gasteiger partial charge in [0.1, 0.15) is 5.75 Å². The fraction of sp³-hybridized carbons (Fsp3) is 0.364. The summed E-state index contributed by atoms with van der Waals surface area (Å²) in [5, 5.41) is 3.04. The highest BCUT2D eigenvalue weighted by atomic mass is 16.5. The number of aromatic nitrogens is 2. The van der Waals surface area contributed by atoms with Crippen molar-refractivity contribution in [1.29, 1.82) is 0 Å². The highest BCUT2D eigenvalue weighted by Gasteiger charge is 2.22. The summed E-state index contributed by atoms with van der Waals surface area (Å²) in [7, 11) is 1.75. The van der Waals surface area contributed by atoms with E-state index in [0.29, 0.717) is 18.0 Å². The molecule has 140 valence electrons. The summed E-state index contributed by atoms with van der Waals surface area (Å²) >= 11 is 0. The van der Waals surface area contributed by atoms with Gasteiger partial charge in [-0.25, -0.2) is 4.98 Å². The maximum Gasteiger partial charge on any atom is 0.251 e. The molecule has 1 amide bonds. The molecule has 1 aromatic heterocycles. The van der Waals surface area contributed by atoms with Gasteiger partial charge in [0.2, 0.25) is 0 Å². The number of H-pyrrole nitrogens is 1. The Labute approximate surface area is 159 Å². The first-order valence-electron chi connectivity index (χ1n) is 9.63. The lowest BCUT2D eigenvalue weighted by atomic mass is 9.80. The molecule has 0 fully saturated rings. The van der Waals surface area contributed by atoms with Gasteiger partial charge >= 0.3 is 0 Å². The molecule has 1 aliphatic rings. The van der Waals surface area contributed by atoms with Crippen LogP contribution in [0.5, 0.6) is 5.75 Å². The molecule has 4 rings (SSSR count). The predicted octanol–water partition coefficient (Wildman–Crippen LogP) is 4.20. The lowest BCUT2D eigenvalue weighted by Gasteiger charge is -2.27. The van der Waals surface area contributed by atoms with Crippen molar-refractivity contribution in [3.05, 3.63) is 59.4 Å². The van der Waals surface area contributed by atoms with Crippen LogP contribution in [0.25, 0.3) is 11.0 Å². The average Bonchev–Trinajstić information content (AvgIpc) is 3.18. The van der Waals surface area contributed by atoms with E-state index in [1.54, 1.807) is 13.4 Å². The Balaban J connectivity index is 1.32. The Morgan fingerprint density at radius 1 is 1.33 bits per heavy atom. The Bertz CT molecular complexity index is 948. The van der Waals surface area contributed by atoms with Crippen molar-refractivity contribution in [2.45, 2.75) is 38.0 Å². The minimum Gasteiger partial charge on any atom is -0.496 e. The van der Waals surface area contributed by atoms with Crippen molar-refractivity contribution in [3.63, 3.8) is 0 Å². The van der Waals surface area contributed by atoms with Crippen LogP contribution < -0.4 is 10.1 Å². The molecule has 1 aliphatic carbocycles. The van der Waals surface area contributed by atoms with Crippen LogP contribution in [-0.4, -0.2) is 29.5 Å². The molecule has 0 saturated carbocycles. The van der Waals surface area contributed by atoms with Crippen molar-refractivity contribution < 1.29 is 9.53 Å². The molecule has 1 heterocycles. The molecule has 0 bridgehead atoms. The Morgan fingerprint density at radius 3 is 3.15 bits per heavy atom. The van der Waals surface area contributed by atoms with E-state index in [-0.39, 0.29) is 5.91 Å². The van der Waals surface area contributed by atoms with Gasteiger partial charge in [-0.2, -0.15) is 0 Å². The second-order valence-electron chi connectivity index (χ2n) is 7.15. The number of imidazole rings is 1. The van der Waals surface area contributed by atoms with Crippen molar-refractivity contribution in [1.82, 2.24) is 15.3 Å². The quantitative estimate of drug-likeness (QED) is 0.645. The molecule has 0 unspecified atom stereocenters. The number of hydrogen-bond donors (Lipinski definition) is 2. The minimum absolute atomic E-state index is 0.0304. The standard InChI is InChI=1S/C22H25N3O2/c1-27-21-9-3-7-17-15(5-2-8-18(17)21)6-4-12-23-22(26)16-10-11-19-20(13-16)25-14-24-19/h3,7,9-11,13-15H,2,4-6,8,12H2,1H3,(H,23,26)(H,24,25)/t15-/m1/s1. The van der Waals surface area contributed by atoms with E-state index >= 15 is 0 Å². The van der Waals surface area contributed by atoms with Crippen LogP contribution in [0.3, 0.4) is 0 Å². The van der Waals surface area contributed by atoms with Crippen molar-refractivity contribution in [2.24, 2.45) is 0 Å². The molecule has 5 nitrogen and oxygen atoms in total. The van der Waals surface area contributed by atoms with E-state index in [1.807, 2.05) is 18.2 Å². The molecule has 0 spiro atoms. The number of methoxy groups -OCH3 is 1. The van der Waals surface area contributed by atoms with Gasteiger partial charge in [-0.1, -0.05) is 12.1 Å². The zero-order valence-corrected chi connectivity index (χ0v) is 15.6. The zero-order chi connectivity index (χ0) is 18.6. The van der Waals surface area contributed by atoms with Gasteiger partial charge < -0.3 is 15.0 Å². The van der Waals surface area contributed by atoms with Gasteiger partial charge in [0.05, 0.1) is 24.5 Å². The van der Waals surface area contributed by atoms with Crippen LogP contribution in [0.15, 0.2) is 42.7 Å². The lowest BCUT2D eigenvalue weighted by Crippen LogP contribution is -2.25. The number of nitrogens with one attached hydrogen (secondary N) is 2. The zero-order valence-electron chi connectivity index (χ0n) is 15.6. The van der Waals surface area contributed by atoms with Crippen LogP contribution in [0.4, 0.5) is 0 Å². The number of nitrogens with zero attached hydrogens (tertiary/aromatic N) is 1. The van der Waals surface area contributed by atoms with Gasteiger partial charge in [0.15, 0.2) is 0 Å². The summed E-state index contributed by atoms with van der Waals surface area (Å²) in [5.41, 5.74) is 5.22. The van der Waals surface area contributed by atoms with Crippen molar-refractivity contribution >= 4 is 16.9 Å². The number of hydrogen-bond acceptors (Lipinski definition) is 3. The number of ether oxygens (including phenoxy) is 1. The number of fused-ring (bicyclic) bond motifs is 2. The smallest absolute Gasteiger partial charge is 0.251 e. The fourth-order valence-electron chi connectivity index (χ4n) is 4.13. The van der Waals surface area contributed by atoms with E-state index in [1.165, 1.54) is 24.0 Å². The van der Waals surface area contributed by atoms with E-state index < -0.39 is 0 Å². The Hall–Kier alpha value is -2.82. The molecule has 0 aliphatic heterocycles. The summed E-state index contributed by atoms with van der Waals surface area (Å²) in [6, 6.07) is 11.9. The van der Waals surface area contributed by atoms with Gasteiger partial charge in [-0.05, 0) is 73.4 Å². The molecule has 27 heavy (non-hydrogen) atoms. The first-order valence-corrected chi connectivity index (χ1v) is 9.63. The van der Waals surface area contributed by atoms with Crippen LogP contribution in [0.2, 0.25) is 0 Å². The largest absolute Gasteiger partial charge is 0.496 e. The molecule has 3 aromatic rings. The number of carbonyl (C=O) groups is 1.